The van der Waals surface area contributed by atoms with E-state index in [2.05, 4.69) is 15.6 Å². The molecule has 9 heteroatoms. The van der Waals surface area contributed by atoms with E-state index in [1.165, 1.54) is 29.1 Å². The SMILES string of the molecule is N#CC(C(=O)Nc1ccc(Cl)cc1Cl)C(=O)c1cn(Cc2ccccc2)nn1. The number of nitrogens with one attached hydrogen (secondary N) is 1. The summed E-state index contributed by atoms with van der Waals surface area (Å²) in [6.07, 6.45) is 1.40. The third-order valence-electron chi connectivity index (χ3n) is 3.82. The van der Waals surface area contributed by atoms with Crippen molar-refractivity contribution in [2.24, 2.45) is 5.92 Å². The van der Waals surface area contributed by atoms with Crippen LogP contribution in [0.15, 0.2) is 54.7 Å². The molecule has 0 aliphatic carbocycles. The summed E-state index contributed by atoms with van der Waals surface area (Å²) in [5, 5.41) is 20.0. The number of halogens is 2. The van der Waals surface area contributed by atoms with Crippen LogP contribution in [0.4, 0.5) is 5.69 Å². The molecule has 1 heterocycles. The first-order valence-electron chi connectivity index (χ1n) is 8.11. The van der Waals surface area contributed by atoms with Gasteiger partial charge in [-0.05, 0) is 23.8 Å². The zero-order valence-electron chi connectivity index (χ0n) is 14.3. The predicted octanol–water partition coefficient (Wildman–Crippen LogP) is 3.59. The molecule has 28 heavy (non-hydrogen) atoms. The number of hydrogen-bond acceptors (Lipinski definition) is 5. The molecule has 0 aliphatic heterocycles. The van der Waals surface area contributed by atoms with Crippen molar-refractivity contribution in [1.29, 1.82) is 5.26 Å². The molecule has 3 rings (SSSR count). The summed E-state index contributed by atoms with van der Waals surface area (Å²) in [6, 6.07) is 15.6. The van der Waals surface area contributed by atoms with Gasteiger partial charge in [0.2, 0.25) is 11.7 Å². The van der Waals surface area contributed by atoms with Crippen LogP contribution < -0.4 is 5.32 Å². The minimum Gasteiger partial charge on any atom is -0.323 e. The Balaban J connectivity index is 1.72. The van der Waals surface area contributed by atoms with Crippen LogP contribution >= 0.6 is 23.2 Å². The first-order valence-corrected chi connectivity index (χ1v) is 8.87. The molecule has 0 saturated carbocycles. The van der Waals surface area contributed by atoms with Crippen molar-refractivity contribution < 1.29 is 9.59 Å². The maximum absolute atomic E-state index is 12.6. The van der Waals surface area contributed by atoms with Crippen molar-refractivity contribution >= 4 is 40.6 Å². The molecule has 0 radical (unpaired) electrons. The molecule has 1 unspecified atom stereocenters. The molecule has 1 amide bonds. The Morgan fingerprint density at radius 1 is 1.18 bits per heavy atom. The highest BCUT2D eigenvalue weighted by Gasteiger charge is 2.30. The number of Topliss-reactive ketones (excluding diaryl/α,β-unsaturated/α-hetero) is 1. The number of amides is 1. The number of nitrogens with zero attached hydrogens (tertiary/aromatic N) is 4. The number of benzene rings is 2. The summed E-state index contributed by atoms with van der Waals surface area (Å²) in [6.45, 7) is 0.408. The van der Waals surface area contributed by atoms with Gasteiger partial charge in [-0.15, -0.1) is 5.10 Å². The number of aromatic nitrogens is 3. The highest BCUT2D eigenvalue weighted by Crippen LogP contribution is 2.26. The molecule has 3 aromatic rings. The molecular formula is C19H13Cl2N5O2. The highest BCUT2D eigenvalue weighted by molar-refractivity contribution is 6.36. The number of nitriles is 1. The normalized spacial score (nSPS) is 11.5. The number of ketones is 1. The second-order valence-electron chi connectivity index (χ2n) is 5.83. The van der Waals surface area contributed by atoms with Gasteiger partial charge in [-0.1, -0.05) is 58.7 Å². The van der Waals surface area contributed by atoms with Gasteiger partial charge in [-0.25, -0.2) is 4.68 Å². The van der Waals surface area contributed by atoms with Gasteiger partial charge in [0.05, 0.1) is 29.5 Å². The Morgan fingerprint density at radius 2 is 1.93 bits per heavy atom. The molecule has 1 aromatic heterocycles. The standard InChI is InChI=1S/C19H13Cl2N5O2/c20-13-6-7-16(15(21)8-13)23-19(28)14(9-22)18(27)17-11-26(25-24-17)10-12-4-2-1-3-5-12/h1-8,11,14H,10H2,(H,23,28). The summed E-state index contributed by atoms with van der Waals surface area (Å²) in [5.41, 5.74) is 1.15. The van der Waals surface area contributed by atoms with Crippen LogP contribution in [0.5, 0.6) is 0 Å². The zero-order chi connectivity index (χ0) is 20.1. The Morgan fingerprint density at radius 3 is 2.61 bits per heavy atom. The molecule has 0 spiro atoms. The molecular weight excluding hydrogens is 401 g/mol. The van der Waals surface area contributed by atoms with Crippen LogP contribution in [0, 0.1) is 17.2 Å². The van der Waals surface area contributed by atoms with Gasteiger partial charge in [0.25, 0.3) is 0 Å². The van der Waals surface area contributed by atoms with Gasteiger partial charge in [-0.2, -0.15) is 5.26 Å². The van der Waals surface area contributed by atoms with Crippen molar-refractivity contribution in [3.63, 3.8) is 0 Å². The minimum absolute atomic E-state index is 0.0696. The van der Waals surface area contributed by atoms with Crippen molar-refractivity contribution in [3.05, 3.63) is 76.0 Å². The zero-order valence-corrected chi connectivity index (χ0v) is 15.9. The molecule has 7 nitrogen and oxygen atoms in total. The van der Waals surface area contributed by atoms with Crippen LogP contribution in [0.3, 0.4) is 0 Å². The quantitative estimate of drug-likeness (QED) is 0.491. The van der Waals surface area contributed by atoms with Gasteiger partial charge < -0.3 is 5.32 Å². The van der Waals surface area contributed by atoms with Crippen molar-refractivity contribution in [2.75, 3.05) is 5.32 Å². The van der Waals surface area contributed by atoms with E-state index < -0.39 is 17.6 Å². The monoisotopic (exact) mass is 413 g/mol. The average molecular weight is 414 g/mol. The van der Waals surface area contributed by atoms with Crippen LogP contribution in [0.25, 0.3) is 0 Å². The predicted molar refractivity (Wildman–Crippen MR) is 104 cm³/mol. The molecule has 140 valence electrons. The average Bonchev–Trinajstić information content (AvgIpc) is 3.14. The van der Waals surface area contributed by atoms with E-state index in [4.69, 9.17) is 23.2 Å². The van der Waals surface area contributed by atoms with E-state index in [1.807, 2.05) is 30.3 Å². The number of carbonyl (C=O) groups excluding carboxylic acids is 2. The third kappa shape index (κ3) is 4.55. The number of hydrogen-bond donors (Lipinski definition) is 1. The lowest BCUT2D eigenvalue weighted by atomic mass is 10.0. The van der Waals surface area contributed by atoms with E-state index >= 15 is 0 Å². The lowest BCUT2D eigenvalue weighted by molar-refractivity contribution is -0.117. The summed E-state index contributed by atoms with van der Waals surface area (Å²) < 4.78 is 1.46. The maximum atomic E-state index is 12.6. The van der Waals surface area contributed by atoms with Crippen molar-refractivity contribution in [1.82, 2.24) is 15.0 Å². The maximum Gasteiger partial charge on any atom is 0.249 e. The van der Waals surface area contributed by atoms with Gasteiger partial charge >= 0.3 is 0 Å². The first kappa shape index (κ1) is 19.5. The second kappa shape index (κ2) is 8.65. The van der Waals surface area contributed by atoms with E-state index in [0.717, 1.165) is 5.56 Å². The van der Waals surface area contributed by atoms with Crippen molar-refractivity contribution in [2.45, 2.75) is 6.54 Å². The van der Waals surface area contributed by atoms with Gasteiger partial charge in [0.15, 0.2) is 11.6 Å². The Bertz CT molecular complexity index is 1060. The molecule has 1 N–H and O–H groups in total. The van der Waals surface area contributed by atoms with Crippen LogP contribution in [0.1, 0.15) is 16.1 Å². The van der Waals surface area contributed by atoms with E-state index in [0.29, 0.717) is 11.6 Å². The molecule has 2 aromatic carbocycles. The van der Waals surface area contributed by atoms with Gasteiger partial charge in [0.1, 0.15) is 0 Å². The highest BCUT2D eigenvalue weighted by atomic mass is 35.5. The van der Waals surface area contributed by atoms with E-state index in [9.17, 15) is 14.9 Å². The summed E-state index contributed by atoms with van der Waals surface area (Å²) >= 11 is 11.8. The third-order valence-corrected chi connectivity index (χ3v) is 4.37. The summed E-state index contributed by atoms with van der Waals surface area (Å²) in [4.78, 5) is 25.0. The first-order chi connectivity index (χ1) is 13.5. The van der Waals surface area contributed by atoms with Gasteiger partial charge in [0, 0.05) is 5.02 Å². The fourth-order valence-electron chi connectivity index (χ4n) is 2.44. The van der Waals surface area contributed by atoms with E-state index in [-0.39, 0.29) is 16.4 Å². The summed E-state index contributed by atoms with van der Waals surface area (Å²) in [5.74, 6) is -3.15. The van der Waals surface area contributed by atoms with Crippen LogP contribution in [-0.4, -0.2) is 26.7 Å². The lowest BCUT2D eigenvalue weighted by Gasteiger charge is -2.10. The minimum atomic E-state index is -1.59. The molecule has 0 saturated heterocycles. The van der Waals surface area contributed by atoms with Gasteiger partial charge in [-0.3, -0.25) is 9.59 Å². The topological polar surface area (TPSA) is 101 Å². The van der Waals surface area contributed by atoms with Crippen LogP contribution in [-0.2, 0) is 11.3 Å². The summed E-state index contributed by atoms with van der Waals surface area (Å²) in [7, 11) is 0. The Labute approximate surface area is 170 Å². The second-order valence-corrected chi connectivity index (χ2v) is 6.67. The molecule has 1 atom stereocenters. The Kier molecular flexibility index (Phi) is 6.04. The number of carbonyl (C=O) groups is 2. The largest absolute Gasteiger partial charge is 0.323 e. The Hall–Kier alpha value is -3.21. The van der Waals surface area contributed by atoms with Crippen LogP contribution in [0.2, 0.25) is 10.0 Å². The fraction of sp³-hybridized carbons (Fsp3) is 0.105. The lowest BCUT2D eigenvalue weighted by Crippen LogP contribution is -2.29. The molecule has 0 fully saturated rings. The molecule has 0 aliphatic rings. The fourth-order valence-corrected chi connectivity index (χ4v) is 2.89. The van der Waals surface area contributed by atoms with E-state index in [1.54, 1.807) is 6.07 Å². The molecule has 0 bridgehead atoms. The number of rotatable bonds is 6. The smallest absolute Gasteiger partial charge is 0.249 e. The van der Waals surface area contributed by atoms with Crippen molar-refractivity contribution in [3.8, 4) is 6.07 Å². The number of anilines is 1.